The first-order valence-electron chi connectivity index (χ1n) is 11.5. The molecule has 7 nitrogen and oxygen atoms in total. The van der Waals surface area contributed by atoms with Gasteiger partial charge in [0.05, 0.1) is 6.54 Å². The van der Waals surface area contributed by atoms with E-state index in [1.54, 1.807) is 0 Å². The van der Waals surface area contributed by atoms with E-state index in [9.17, 15) is 4.39 Å². The zero-order valence-electron chi connectivity index (χ0n) is 19.5. The maximum absolute atomic E-state index is 13.2. The van der Waals surface area contributed by atoms with Gasteiger partial charge in [-0.25, -0.2) is 14.4 Å². The molecule has 1 aliphatic heterocycles. The number of halogens is 2. The van der Waals surface area contributed by atoms with E-state index in [0.717, 1.165) is 68.8 Å². The fraction of sp³-hybridized carbons (Fsp3) is 0.360. The van der Waals surface area contributed by atoms with Crippen molar-refractivity contribution in [3.05, 3.63) is 78.5 Å². The molecular formula is C25H33FIN7. The second kappa shape index (κ2) is 13.2. The van der Waals surface area contributed by atoms with E-state index in [2.05, 4.69) is 55.4 Å². The number of benzene rings is 1. The van der Waals surface area contributed by atoms with Gasteiger partial charge in [0.25, 0.3) is 0 Å². The molecule has 2 aromatic heterocycles. The predicted molar refractivity (Wildman–Crippen MR) is 148 cm³/mol. The number of nitrogens with one attached hydrogen (secondary N) is 2. The monoisotopic (exact) mass is 577 g/mol. The van der Waals surface area contributed by atoms with Crippen molar-refractivity contribution in [2.45, 2.75) is 20.0 Å². The fourth-order valence-corrected chi connectivity index (χ4v) is 3.91. The Balaban J connectivity index is 0.00000324. The van der Waals surface area contributed by atoms with Gasteiger partial charge in [-0.1, -0.05) is 0 Å². The molecule has 0 radical (unpaired) electrons. The quantitative estimate of drug-likeness (QED) is 0.243. The molecule has 4 rings (SSSR count). The number of pyridine rings is 1. The maximum Gasteiger partial charge on any atom is 0.191 e. The highest BCUT2D eigenvalue weighted by molar-refractivity contribution is 14.0. The van der Waals surface area contributed by atoms with E-state index in [-0.39, 0.29) is 29.8 Å². The Hall–Kier alpha value is -2.82. The van der Waals surface area contributed by atoms with Gasteiger partial charge in [-0.2, -0.15) is 0 Å². The largest absolute Gasteiger partial charge is 0.368 e. The highest BCUT2D eigenvalue weighted by Crippen LogP contribution is 2.20. The number of guanidine groups is 1. The summed E-state index contributed by atoms with van der Waals surface area (Å²) in [5.41, 5.74) is 2.19. The van der Waals surface area contributed by atoms with Crippen LogP contribution in [0.5, 0.6) is 0 Å². The van der Waals surface area contributed by atoms with Crippen molar-refractivity contribution in [3.63, 3.8) is 0 Å². The Morgan fingerprint density at radius 1 is 1.00 bits per heavy atom. The van der Waals surface area contributed by atoms with Crippen LogP contribution >= 0.6 is 24.0 Å². The first-order valence-corrected chi connectivity index (χ1v) is 11.5. The molecule has 182 valence electrons. The summed E-state index contributed by atoms with van der Waals surface area (Å²) in [6.45, 7) is 8.68. The standard InChI is InChI=1S/C25H32FN7.HI/c1-2-27-25(29-11-14-31-12-3-4-13-31)30-20-21-9-10-28-24(19-21)33-17-15-32(16-18-33)23-7-5-22(26)6-8-23;/h3-10,12-13,19H,2,11,14-18,20H2,1H3,(H2,27,29,30);1H. The maximum atomic E-state index is 13.2. The van der Waals surface area contributed by atoms with Crippen LogP contribution in [0, 0.1) is 5.82 Å². The first-order chi connectivity index (χ1) is 16.2. The van der Waals surface area contributed by atoms with Crippen LogP contribution in [0.3, 0.4) is 0 Å². The minimum atomic E-state index is -0.200. The first kappa shape index (κ1) is 25.8. The highest BCUT2D eigenvalue weighted by Gasteiger charge is 2.18. The Kier molecular flexibility index (Phi) is 9.99. The smallest absolute Gasteiger partial charge is 0.191 e. The van der Waals surface area contributed by atoms with Gasteiger partial charge in [-0.05, 0) is 61.0 Å². The van der Waals surface area contributed by atoms with Crippen molar-refractivity contribution in [2.24, 2.45) is 4.99 Å². The van der Waals surface area contributed by atoms with Gasteiger partial charge in [0.2, 0.25) is 0 Å². The molecule has 34 heavy (non-hydrogen) atoms. The topological polar surface area (TPSA) is 60.7 Å². The number of nitrogens with zero attached hydrogens (tertiary/aromatic N) is 5. The van der Waals surface area contributed by atoms with Crippen LogP contribution in [0.25, 0.3) is 0 Å². The minimum absolute atomic E-state index is 0. The van der Waals surface area contributed by atoms with Gasteiger partial charge in [0.15, 0.2) is 5.96 Å². The molecule has 1 saturated heterocycles. The average molecular weight is 577 g/mol. The van der Waals surface area contributed by atoms with E-state index in [1.165, 1.54) is 12.1 Å². The van der Waals surface area contributed by atoms with Crippen molar-refractivity contribution < 1.29 is 4.39 Å². The zero-order valence-corrected chi connectivity index (χ0v) is 21.9. The molecule has 9 heteroatoms. The molecular weight excluding hydrogens is 544 g/mol. The van der Waals surface area contributed by atoms with Crippen LogP contribution in [0.1, 0.15) is 12.5 Å². The second-order valence-electron chi connectivity index (χ2n) is 8.02. The van der Waals surface area contributed by atoms with Crippen LogP contribution < -0.4 is 20.4 Å². The molecule has 1 aliphatic rings. The predicted octanol–water partition coefficient (Wildman–Crippen LogP) is 3.72. The third-order valence-electron chi connectivity index (χ3n) is 5.70. The number of hydrogen-bond donors (Lipinski definition) is 2. The van der Waals surface area contributed by atoms with Crippen LogP contribution in [0.2, 0.25) is 0 Å². The molecule has 0 aliphatic carbocycles. The summed E-state index contributed by atoms with van der Waals surface area (Å²) < 4.78 is 15.3. The van der Waals surface area contributed by atoms with Gasteiger partial charge < -0.3 is 25.0 Å². The van der Waals surface area contributed by atoms with Gasteiger partial charge in [-0.15, -0.1) is 24.0 Å². The van der Waals surface area contributed by atoms with Crippen molar-refractivity contribution in [1.82, 2.24) is 20.2 Å². The lowest BCUT2D eigenvalue weighted by Crippen LogP contribution is -2.46. The van der Waals surface area contributed by atoms with E-state index in [4.69, 9.17) is 4.99 Å². The van der Waals surface area contributed by atoms with E-state index in [1.807, 2.05) is 36.5 Å². The molecule has 0 bridgehead atoms. The lowest BCUT2D eigenvalue weighted by Gasteiger charge is -2.36. The van der Waals surface area contributed by atoms with Crippen molar-refractivity contribution >= 4 is 41.4 Å². The van der Waals surface area contributed by atoms with Crippen LogP contribution in [0.4, 0.5) is 15.9 Å². The Morgan fingerprint density at radius 2 is 1.71 bits per heavy atom. The summed E-state index contributed by atoms with van der Waals surface area (Å²) >= 11 is 0. The molecule has 0 atom stereocenters. The molecule has 1 aromatic carbocycles. The van der Waals surface area contributed by atoms with E-state index in [0.29, 0.717) is 6.54 Å². The molecule has 0 amide bonds. The number of piperazine rings is 1. The summed E-state index contributed by atoms with van der Waals surface area (Å²) in [4.78, 5) is 13.9. The molecule has 0 unspecified atom stereocenters. The van der Waals surface area contributed by atoms with Gasteiger partial charge in [-0.3, -0.25) is 0 Å². The van der Waals surface area contributed by atoms with Gasteiger partial charge in [0, 0.05) is 70.1 Å². The summed E-state index contributed by atoms with van der Waals surface area (Å²) in [5.74, 6) is 1.59. The Bertz CT molecular complexity index is 1020. The van der Waals surface area contributed by atoms with Crippen molar-refractivity contribution in [3.8, 4) is 0 Å². The molecule has 3 heterocycles. The van der Waals surface area contributed by atoms with Crippen molar-refractivity contribution in [2.75, 3.05) is 49.1 Å². The highest BCUT2D eigenvalue weighted by atomic mass is 127. The van der Waals surface area contributed by atoms with Gasteiger partial charge >= 0.3 is 0 Å². The molecule has 2 N–H and O–H groups in total. The van der Waals surface area contributed by atoms with Crippen molar-refractivity contribution in [1.29, 1.82) is 0 Å². The third kappa shape index (κ3) is 7.34. The third-order valence-corrected chi connectivity index (χ3v) is 5.70. The Labute approximate surface area is 218 Å². The second-order valence-corrected chi connectivity index (χ2v) is 8.02. The van der Waals surface area contributed by atoms with Crippen LogP contribution in [-0.4, -0.2) is 54.8 Å². The summed E-state index contributed by atoms with van der Waals surface area (Å²) in [6, 6.07) is 14.9. The Morgan fingerprint density at radius 3 is 2.41 bits per heavy atom. The fourth-order valence-electron chi connectivity index (χ4n) is 3.91. The molecule has 0 spiro atoms. The zero-order chi connectivity index (χ0) is 22.9. The summed E-state index contributed by atoms with van der Waals surface area (Å²) in [7, 11) is 0. The lowest BCUT2D eigenvalue weighted by molar-refractivity contribution is 0.624. The molecule has 0 saturated carbocycles. The minimum Gasteiger partial charge on any atom is -0.368 e. The number of aromatic nitrogens is 2. The van der Waals surface area contributed by atoms with E-state index >= 15 is 0 Å². The van der Waals surface area contributed by atoms with Crippen LogP contribution in [-0.2, 0) is 13.1 Å². The normalized spacial score (nSPS) is 14.0. The van der Waals surface area contributed by atoms with E-state index < -0.39 is 0 Å². The average Bonchev–Trinajstić information content (AvgIpc) is 3.37. The number of anilines is 2. The van der Waals surface area contributed by atoms with Crippen LogP contribution in [0.15, 0.2) is 72.1 Å². The number of rotatable bonds is 8. The number of hydrogen-bond acceptors (Lipinski definition) is 4. The van der Waals surface area contributed by atoms with Gasteiger partial charge in [0.1, 0.15) is 11.6 Å². The molecule has 1 fully saturated rings. The summed E-state index contributed by atoms with van der Waals surface area (Å²) in [5, 5.41) is 6.70. The molecule has 3 aromatic rings. The SMILES string of the molecule is CCNC(=NCc1ccnc(N2CCN(c3ccc(F)cc3)CC2)c1)NCCn1cccc1.I. The number of aliphatic imine (C=N–C) groups is 1. The summed E-state index contributed by atoms with van der Waals surface area (Å²) in [6.07, 6.45) is 5.98. The lowest BCUT2D eigenvalue weighted by atomic mass is 10.2.